The highest BCUT2D eigenvalue weighted by atomic mass is 16.8. The van der Waals surface area contributed by atoms with E-state index in [4.69, 9.17) is 185 Å². The topological polar surface area (TPSA) is 360 Å². The summed E-state index contributed by atoms with van der Waals surface area (Å²) in [5.74, 6) is 2.45. The smallest absolute Gasteiger partial charge is 0.152 e. The Morgan fingerprint density at radius 2 is 0.323 bits per heavy atom. The molecule has 0 spiro atoms. The van der Waals surface area contributed by atoms with Crippen molar-refractivity contribution in [3.05, 3.63) is 106 Å². The fraction of sp³-hybridized carbons (Fsp3) is 0.745. The lowest BCUT2D eigenvalue weighted by Gasteiger charge is -2.34. The summed E-state index contributed by atoms with van der Waals surface area (Å²) < 4.78 is 218. The number of rotatable bonds is 104. The standard InChI is InChI=1S/C94H156O39/c1-82-7-9-90-91-10-8-83(2)64-93(91)94(92(90)63-82,72-85-67-88(130-59-55-101-17-13-97-5)70-89(68-85)133-62-58-121-74-123-76-125-78-127-80-129-81-128-79-126-77-124-75-122-73-120-18-14-98-6)71-84-65-86(131-60-56-118-53-51-116-49-47-114-45-43-112-41-39-110-37-35-108-33-31-106-29-27-104-25-23-102-21-19-99-15-11-95-3)69-87(66-84)132-61-57-119-54-52-117-50-48-115-46-44-113-42-40-111-38-36-109-34-32-107-30-28-105-26-24-103-22-20-100-16-12-96-4/h7-10,63-70H,11-62,71-81H2,1-6H3. The highest BCUT2D eigenvalue weighted by Gasteiger charge is 2.44. The van der Waals surface area contributed by atoms with Crippen LogP contribution in [0.3, 0.4) is 0 Å². The molecule has 0 atom stereocenters. The predicted octanol–water partition coefficient (Wildman–Crippen LogP) is 7.29. The highest BCUT2D eigenvalue weighted by Crippen LogP contribution is 2.53. The molecule has 0 unspecified atom stereocenters. The normalized spacial score (nSPS) is 12.3. The lowest BCUT2D eigenvalue weighted by Crippen LogP contribution is -2.31. The Morgan fingerprint density at radius 1 is 0.165 bits per heavy atom. The van der Waals surface area contributed by atoms with Crippen molar-refractivity contribution in [3.63, 3.8) is 0 Å². The summed E-state index contributed by atoms with van der Waals surface area (Å²) >= 11 is 0. The number of aryl methyl sites for hydroxylation is 2. The second kappa shape index (κ2) is 88.1. The Labute approximate surface area is 787 Å². The van der Waals surface area contributed by atoms with Gasteiger partial charge in [-0.1, -0.05) is 47.5 Å². The minimum atomic E-state index is -0.638. The summed E-state index contributed by atoms with van der Waals surface area (Å²) in [5.41, 5.74) is 8.29. The molecule has 0 amide bonds. The molecule has 133 heavy (non-hydrogen) atoms. The maximum Gasteiger partial charge on any atom is 0.152 e. The Kier molecular flexibility index (Phi) is 78.3. The molecule has 0 aromatic heterocycles. The summed E-state index contributed by atoms with van der Waals surface area (Å²) in [7, 11) is 6.52. The van der Waals surface area contributed by atoms with Gasteiger partial charge in [0.05, 0.1) is 317 Å². The largest absolute Gasteiger partial charge is 0.491 e. The summed E-state index contributed by atoms with van der Waals surface area (Å²) in [4.78, 5) is 0. The van der Waals surface area contributed by atoms with Crippen molar-refractivity contribution < 1.29 is 185 Å². The Hall–Kier alpha value is -5.32. The monoisotopic (exact) mass is 1910 g/mol. The van der Waals surface area contributed by atoms with Crippen LogP contribution in [0.4, 0.5) is 0 Å². The van der Waals surface area contributed by atoms with E-state index in [1.54, 1.807) is 28.4 Å². The minimum absolute atomic E-state index is 0.00634. The Morgan fingerprint density at radius 3 is 0.511 bits per heavy atom. The van der Waals surface area contributed by atoms with E-state index in [1.807, 2.05) is 12.1 Å². The van der Waals surface area contributed by atoms with Gasteiger partial charge in [0.2, 0.25) is 0 Å². The van der Waals surface area contributed by atoms with Gasteiger partial charge < -0.3 is 185 Å². The fourth-order valence-corrected chi connectivity index (χ4v) is 12.3. The molecule has 39 nitrogen and oxygen atoms in total. The van der Waals surface area contributed by atoms with E-state index in [9.17, 15) is 0 Å². The van der Waals surface area contributed by atoms with Crippen molar-refractivity contribution in [1.82, 2.24) is 0 Å². The molecule has 39 heteroatoms. The molecule has 0 fully saturated rings. The van der Waals surface area contributed by atoms with Crippen LogP contribution in [0.15, 0.2) is 72.8 Å². The zero-order valence-electron chi connectivity index (χ0n) is 79.9. The molecule has 766 valence electrons. The van der Waals surface area contributed by atoms with Crippen molar-refractivity contribution in [2.45, 2.75) is 32.1 Å². The summed E-state index contributed by atoms with van der Waals surface area (Å²) in [6, 6.07) is 25.6. The van der Waals surface area contributed by atoms with E-state index in [2.05, 4.69) is 74.5 Å². The van der Waals surface area contributed by atoms with E-state index < -0.39 is 5.41 Å². The van der Waals surface area contributed by atoms with Crippen molar-refractivity contribution in [1.29, 1.82) is 0 Å². The van der Waals surface area contributed by atoms with Gasteiger partial charge in [-0.3, -0.25) is 0 Å². The molecule has 4 aromatic carbocycles. The first-order chi connectivity index (χ1) is 65.9. The average molecular weight is 1910 g/mol. The molecule has 0 heterocycles. The SMILES string of the molecule is COCCOCCOCCOCCOCCOCCOCCOCCOCCOCCOCCOc1cc(CC2(Cc3cc(OCCOCCOC)cc(OCCOCOCOCOCOCOCOCOCOCOCCOC)c3)c3cc(C)ccc3-c3ccc(C)cc32)cc(OCCOCCOCCOCCOCCOCCOCCOCCOCCOCCOCCOC)c1. The van der Waals surface area contributed by atoms with Gasteiger partial charge in [-0.2, -0.15) is 0 Å². The van der Waals surface area contributed by atoms with Crippen LogP contribution in [-0.4, -0.2) is 433 Å². The molecule has 4 aromatic rings. The lowest BCUT2D eigenvalue weighted by atomic mass is 9.69. The van der Waals surface area contributed by atoms with Crippen molar-refractivity contribution >= 4 is 0 Å². The number of benzene rings is 4. The van der Waals surface area contributed by atoms with Gasteiger partial charge in [-0.25, -0.2) is 0 Å². The van der Waals surface area contributed by atoms with Crippen LogP contribution < -0.4 is 18.9 Å². The van der Waals surface area contributed by atoms with Gasteiger partial charge in [0.15, 0.2) is 47.6 Å². The second-order valence-corrected chi connectivity index (χ2v) is 28.9. The number of hydrogen-bond donors (Lipinski definition) is 0. The zero-order valence-corrected chi connectivity index (χ0v) is 79.9. The van der Waals surface area contributed by atoms with Gasteiger partial charge >= 0.3 is 0 Å². The van der Waals surface area contributed by atoms with Gasteiger partial charge in [-0.15, -0.1) is 0 Å². The molecule has 1 aliphatic rings. The van der Waals surface area contributed by atoms with Crippen molar-refractivity contribution in [3.8, 4) is 34.1 Å². The average Bonchev–Trinajstić information content (AvgIpc) is 1.56. The zero-order chi connectivity index (χ0) is 94.0. The maximum atomic E-state index is 6.55. The van der Waals surface area contributed by atoms with Crippen LogP contribution in [0, 0.1) is 13.8 Å². The summed E-state index contributed by atoms with van der Waals surface area (Å²) in [5, 5.41) is 0. The van der Waals surface area contributed by atoms with Crippen LogP contribution in [0.2, 0.25) is 0 Å². The highest BCUT2D eigenvalue weighted by molar-refractivity contribution is 5.82. The minimum Gasteiger partial charge on any atom is -0.491 e. The van der Waals surface area contributed by atoms with Gasteiger partial charge in [0.1, 0.15) is 63.0 Å². The van der Waals surface area contributed by atoms with Gasteiger partial charge in [-0.05, 0) is 84.3 Å². The number of ether oxygens (including phenoxy) is 39. The number of methoxy groups -OCH3 is 4. The van der Waals surface area contributed by atoms with E-state index in [0.29, 0.717) is 353 Å². The first-order valence-corrected chi connectivity index (χ1v) is 45.8. The maximum absolute atomic E-state index is 6.55. The fourth-order valence-electron chi connectivity index (χ4n) is 12.3. The molecule has 5 rings (SSSR count). The molecule has 0 N–H and O–H groups in total. The molecule has 0 saturated carbocycles. The lowest BCUT2D eigenvalue weighted by molar-refractivity contribution is -0.229. The molecule has 0 aliphatic heterocycles. The molecule has 0 bridgehead atoms. The van der Waals surface area contributed by atoms with Gasteiger partial charge in [0, 0.05) is 46.0 Å². The quantitative estimate of drug-likeness (QED) is 0.0309. The Balaban J connectivity index is 1.07. The first kappa shape index (κ1) is 118. The molecule has 0 saturated heterocycles. The molecule has 1 aliphatic carbocycles. The van der Waals surface area contributed by atoms with Crippen LogP contribution in [0.25, 0.3) is 11.1 Å². The molecular formula is C94H156O39. The second-order valence-electron chi connectivity index (χ2n) is 28.9. The Bertz CT molecular complexity index is 3090. The van der Waals surface area contributed by atoms with Crippen molar-refractivity contribution in [2.24, 2.45) is 0 Å². The van der Waals surface area contributed by atoms with E-state index >= 15 is 0 Å². The van der Waals surface area contributed by atoms with E-state index in [-0.39, 0.29) is 87.6 Å². The number of hydrogen-bond acceptors (Lipinski definition) is 39. The third-order valence-electron chi connectivity index (χ3n) is 18.5. The van der Waals surface area contributed by atoms with E-state index in [1.165, 1.54) is 11.1 Å². The van der Waals surface area contributed by atoms with Crippen molar-refractivity contribution in [2.75, 3.05) is 433 Å². The molecule has 0 radical (unpaired) electrons. The third-order valence-corrected chi connectivity index (χ3v) is 18.5. The summed E-state index contributed by atoms with van der Waals surface area (Å²) in [6.07, 6.45) is 1.09. The summed E-state index contributed by atoms with van der Waals surface area (Å²) in [6.45, 7) is 26.6. The molecular weight excluding hydrogens is 1750 g/mol. The van der Waals surface area contributed by atoms with Crippen LogP contribution in [0.1, 0.15) is 33.4 Å². The predicted molar refractivity (Wildman–Crippen MR) is 483 cm³/mol. The van der Waals surface area contributed by atoms with Gasteiger partial charge in [0.25, 0.3) is 0 Å². The van der Waals surface area contributed by atoms with Crippen LogP contribution in [0.5, 0.6) is 23.0 Å². The van der Waals surface area contributed by atoms with E-state index in [0.717, 1.165) is 33.4 Å². The van der Waals surface area contributed by atoms with Crippen LogP contribution in [-0.2, 0) is 184 Å². The number of fused-ring (bicyclic) bond motifs is 3. The first-order valence-electron chi connectivity index (χ1n) is 45.8. The van der Waals surface area contributed by atoms with Crippen LogP contribution >= 0.6 is 0 Å². The third kappa shape index (κ3) is 64.5.